The van der Waals surface area contributed by atoms with Crippen molar-refractivity contribution in [1.29, 1.82) is 0 Å². The maximum absolute atomic E-state index is 12.8. The van der Waals surface area contributed by atoms with Gasteiger partial charge in [-0.05, 0) is 37.3 Å². The number of carbonyl (C=O) groups is 1. The molecular weight excluding hydrogens is 478 g/mol. The molecule has 2 aromatic rings. The van der Waals surface area contributed by atoms with Gasteiger partial charge in [-0.2, -0.15) is 4.31 Å². The van der Waals surface area contributed by atoms with Crippen LogP contribution in [0.2, 0.25) is 0 Å². The second-order valence-corrected chi connectivity index (χ2v) is 9.55. The van der Waals surface area contributed by atoms with Crippen LogP contribution in [-0.2, 0) is 14.8 Å². The molecule has 1 heterocycles. The van der Waals surface area contributed by atoms with Crippen LogP contribution < -0.4 is 4.74 Å². The standard InChI is InChI=1S/C19H20BrN3O6S/c1-14(29-17-7-5-15(20)6-8-17)19(24)21-9-11-22(12-10-21)30(27,28)18-4-2-3-16(13-18)23(25)26/h2-8,13-14H,9-12H2,1H3. The molecule has 11 heteroatoms. The van der Waals surface area contributed by atoms with E-state index in [2.05, 4.69) is 15.9 Å². The summed E-state index contributed by atoms with van der Waals surface area (Å²) in [5.74, 6) is 0.330. The third-order valence-corrected chi connectivity index (χ3v) is 7.11. The van der Waals surface area contributed by atoms with Gasteiger partial charge in [0.25, 0.3) is 11.6 Å². The van der Waals surface area contributed by atoms with Crippen LogP contribution >= 0.6 is 15.9 Å². The highest BCUT2D eigenvalue weighted by molar-refractivity contribution is 9.10. The normalized spacial score (nSPS) is 16.1. The average Bonchev–Trinajstić information content (AvgIpc) is 2.75. The van der Waals surface area contributed by atoms with Gasteiger partial charge in [0.2, 0.25) is 10.0 Å². The van der Waals surface area contributed by atoms with Crippen LogP contribution in [0.1, 0.15) is 6.92 Å². The zero-order chi connectivity index (χ0) is 21.9. The summed E-state index contributed by atoms with van der Waals surface area (Å²) >= 11 is 3.33. The molecule has 1 aliphatic heterocycles. The lowest BCUT2D eigenvalue weighted by Gasteiger charge is -2.35. The number of halogens is 1. The van der Waals surface area contributed by atoms with E-state index in [-0.39, 0.29) is 42.7 Å². The Hall–Kier alpha value is -2.50. The Bertz CT molecular complexity index is 1040. The van der Waals surface area contributed by atoms with E-state index < -0.39 is 21.1 Å². The van der Waals surface area contributed by atoms with Crippen LogP contribution in [0.4, 0.5) is 5.69 Å². The Kier molecular flexibility index (Phi) is 6.74. The summed E-state index contributed by atoms with van der Waals surface area (Å²) in [6, 6.07) is 12.1. The molecule has 0 N–H and O–H groups in total. The SMILES string of the molecule is CC(Oc1ccc(Br)cc1)C(=O)N1CCN(S(=O)(=O)c2cccc([N+](=O)[O-])c2)CC1. The van der Waals surface area contributed by atoms with Crippen LogP contribution in [-0.4, -0.2) is 60.7 Å². The molecule has 160 valence electrons. The monoisotopic (exact) mass is 497 g/mol. The molecule has 1 saturated heterocycles. The number of hydrogen-bond donors (Lipinski definition) is 0. The lowest BCUT2D eigenvalue weighted by Crippen LogP contribution is -2.53. The van der Waals surface area contributed by atoms with Crippen LogP contribution in [0.3, 0.4) is 0 Å². The van der Waals surface area contributed by atoms with Gasteiger partial charge in [0.15, 0.2) is 6.10 Å². The number of piperazine rings is 1. The number of carbonyl (C=O) groups excluding carboxylic acids is 1. The number of benzene rings is 2. The first kappa shape index (κ1) is 22.2. The summed E-state index contributed by atoms with van der Waals surface area (Å²) in [7, 11) is -3.88. The van der Waals surface area contributed by atoms with Crippen molar-refractivity contribution in [2.75, 3.05) is 26.2 Å². The Balaban J connectivity index is 1.62. The smallest absolute Gasteiger partial charge is 0.270 e. The van der Waals surface area contributed by atoms with Crippen molar-refractivity contribution in [3.63, 3.8) is 0 Å². The number of amides is 1. The maximum Gasteiger partial charge on any atom is 0.270 e. The third kappa shape index (κ3) is 4.97. The number of hydrogen-bond acceptors (Lipinski definition) is 6. The highest BCUT2D eigenvalue weighted by Crippen LogP contribution is 2.23. The molecule has 1 unspecified atom stereocenters. The largest absolute Gasteiger partial charge is 0.481 e. The number of nitro groups is 1. The first-order chi connectivity index (χ1) is 14.2. The molecule has 0 bridgehead atoms. The molecule has 0 radical (unpaired) electrons. The van der Waals surface area contributed by atoms with Crippen LogP contribution in [0.15, 0.2) is 57.9 Å². The van der Waals surface area contributed by atoms with Gasteiger partial charge >= 0.3 is 0 Å². The van der Waals surface area contributed by atoms with Crippen LogP contribution in [0.25, 0.3) is 0 Å². The topological polar surface area (TPSA) is 110 Å². The van der Waals surface area contributed by atoms with Gasteiger partial charge in [-0.3, -0.25) is 14.9 Å². The molecule has 0 aliphatic carbocycles. The predicted molar refractivity (Wildman–Crippen MR) is 113 cm³/mol. The second kappa shape index (κ2) is 9.11. The Morgan fingerprint density at radius 3 is 2.37 bits per heavy atom. The number of non-ortho nitro benzene ring substituents is 1. The fraction of sp³-hybridized carbons (Fsp3) is 0.316. The van der Waals surface area contributed by atoms with E-state index >= 15 is 0 Å². The van der Waals surface area contributed by atoms with Gasteiger partial charge in [0.05, 0.1) is 9.82 Å². The van der Waals surface area contributed by atoms with Crippen molar-refractivity contribution in [3.05, 3.63) is 63.1 Å². The first-order valence-corrected chi connectivity index (χ1v) is 11.4. The van der Waals surface area contributed by atoms with Crippen molar-refractivity contribution in [1.82, 2.24) is 9.21 Å². The summed E-state index contributed by atoms with van der Waals surface area (Å²) in [5, 5.41) is 10.9. The van der Waals surface area contributed by atoms with Crippen molar-refractivity contribution in [3.8, 4) is 5.75 Å². The summed E-state index contributed by atoms with van der Waals surface area (Å²) in [6.45, 7) is 2.27. The molecule has 0 saturated carbocycles. The molecular formula is C19H20BrN3O6S. The minimum atomic E-state index is -3.88. The Morgan fingerprint density at radius 2 is 1.77 bits per heavy atom. The van der Waals surface area contributed by atoms with Crippen molar-refractivity contribution >= 4 is 37.5 Å². The van der Waals surface area contributed by atoms with E-state index in [4.69, 9.17) is 4.74 Å². The summed E-state index contributed by atoms with van der Waals surface area (Å²) in [4.78, 5) is 24.4. The fourth-order valence-corrected chi connectivity index (χ4v) is 4.81. The molecule has 30 heavy (non-hydrogen) atoms. The van der Waals surface area contributed by atoms with Crippen molar-refractivity contribution in [2.24, 2.45) is 0 Å². The molecule has 1 amide bonds. The van der Waals surface area contributed by atoms with E-state index in [9.17, 15) is 23.3 Å². The van der Waals surface area contributed by atoms with Crippen LogP contribution in [0.5, 0.6) is 5.75 Å². The Morgan fingerprint density at radius 1 is 1.13 bits per heavy atom. The number of nitrogens with zero attached hydrogens (tertiary/aromatic N) is 3. The highest BCUT2D eigenvalue weighted by atomic mass is 79.9. The van der Waals surface area contributed by atoms with Crippen molar-refractivity contribution in [2.45, 2.75) is 17.9 Å². The van der Waals surface area contributed by atoms with Gasteiger partial charge in [-0.25, -0.2) is 8.42 Å². The second-order valence-electron chi connectivity index (χ2n) is 6.70. The zero-order valence-electron chi connectivity index (χ0n) is 16.1. The predicted octanol–water partition coefficient (Wildman–Crippen LogP) is 2.66. The minimum absolute atomic E-state index is 0.0990. The molecule has 1 fully saturated rings. The van der Waals surface area contributed by atoms with Crippen molar-refractivity contribution < 1.29 is 22.9 Å². The summed E-state index contributed by atoms with van der Waals surface area (Å²) in [5.41, 5.74) is -0.288. The molecule has 3 rings (SSSR count). The third-order valence-electron chi connectivity index (χ3n) is 4.69. The van der Waals surface area contributed by atoms with E-state index in [0.29, 0.717) is 5.75 Å². The molecule has 0 aromatic heterocycles. The van der Waals surface area contributed by atoms with Gasteiger partial charge < -0.3 is 9.64 Å². The molecule has 0 spiro atoms. The van der Waals surface area contributed by atoms with Crippen LogP contribution in [0, 0.1) is 10.1 Å². The van der Waals surface area contributed by atoms with E-state index in [1.807, 2.05) is 12.1 Å². The number of ether oxygens (including phenoxy) is 1. The molecule has 1 aliphatic rings. The van der Waals surface area contributed by atoms with Gasteiger partial charge in [0, 0.05) is 42.8 Å². The first-order valence-electron chi connectivity index (χ1n) is 9.14. The Labute approximate surface area is 182 Å². The van der Waals surface area contributed by atoms with Gasteiger partial charge in [-0.1, -0.05) is 22.0 Å². The van der Waals surface area contributed by atoms with E-state index in [1.165, 1.54) is 22.5 Å². The summed E-state index contributed by atoms with van der Waals surface area (Å²) < 4.78 is 33.4. The summed E-state index contributed by atoms with van der Waals surface area (Å²) in [6.07, 6.45) is -0.717. The fourth-order valence-electron chi connectivity index (χ4n) is 3.08. The molecule has 9 nitrogen and oxygen atoms in total. The maximum atomic E-state index is 12.8. The lowest BCUT2D eigenvalue weighted by atomic mass is 10.3. The quantitative estimate of drug-likeness (QED) is 0.448. The number of rotatable bonds is 6. The van der Waals surface area contributed by atoms with E-state index in [1.54, 1.807) is 24.0 Å². The molecule has 2 aromatic carbocycles. The van der Waals surface area contributed by atoms with E-state index in [0.717, 1.165) is 10.5 Å². The van der Waals surface area contributed by atoms with Gasteiger partial charge in [0.1, 0.15) is 5.75 Å². The highest BCUT2D eigenvalue weighted by Gasteiger charge is 2.32. The zero-order valence-corrected chi connectivity index (χ0v) is 18.5. The molecule has 1 atom stereocenters. The van der Waals surface area contributed by atoms with Gasteiger partial charge in [-0.15, -0.1) is 0 Å². The average molecular weight is 498 g/mol. The number of nitro benzene ring substituents is 1. The minimum Gasteiger partial charge on any atom is -0.481 e. The lowest BCUT2D eigenvalue weighted by molar-refractivity contribution is -0.385. The number of sulfonamides is 1.